The average Bonchev–Trinajstić information content (AvgIpc) is 2.40. The van der Waals surface area contributed by atoms with Crippen molar-refractivity contribution >= 4 is 22.6 Å². The van der Waals surface area contributed by atoms with Crippen LogP contribution in [0.25, 0.3) is 0 Å². The van der Waals surface area contributed by atoms with Crippen LogP contribution in [0, 0.1) is 23.2 Å². The van der Waals surface area contributed by atoms with Crippen LogP contribution in [-0.2, 0) is 6.42 Å². The molecule has 1 unspecified atom stereocenters. The highest BCUT2D eigenvalue weighted by Crippen LogP contribution is 2.25. The summed E-state index contributed by atoms with van der Waals surface area (Å²) >= 11 is 2.15. The minimum Gasteiger partial charge on any atom is -0.271 e. The van der Waals surface area contributed by atoms with Gasteiger partial charge in [-0.2, -0.15) is 0 Å². The molecule has 2 aromatic rings. The second kappa shape index (κ2) is 6.65. The number of aryl methyl sites for hydroxylation is 2. The van der Waals surface area contributed by atoms with Crippen molar-refractivity contribution < 1.29 is 4.39 Å². The predicted octanol–water partition coefficient (Wildman–Crippen LogP) is 3.79. The summed E-state index contributed by atoms with van der Waals surface area (Å²) in [5.74, 6) is 5.48. The van der Waals surface area contributed by atoms with Crippen LogP contribution in [0.3, 0.4) is 0 Å². The smallest absolute Gasteiger partial charge is 0.124 e. The summed E-state index contributed by atoms with van der Waals surface area (Å²) < 4.78 is 14.1. The molecule has 0 amide bonds. The molecule has 3 N–H and O–H groups in total. The first-order chi connectivity index (χ1) is 9.51. The Hall–Kier alpha value is -0.980. The summed E-state index contributed by atoms with van der Waals surface area (Å²) in [7, 11) is 0. The first kappa shape index (κ1) is 15.4. The Morgan fingerprint density at radius 2 is 1.95 bits per heavy atom. The molecule has 20 heavy (non-hydrogen) atoms. The lowest BCUT2D eigenvalue weighted by molar-refractivity contribution is 0.545. The lowest BCUT2D eigenvalue weighted by atomic mass is 9.95. The van der Waals surface area contributed by atoms with Gasteiger partial charge in [0, 0.05) is 3.57 Å². The van der Waals surface area contributed by atoms with E-state index in [1.807, 2.05) is 0 Å². The molecule has 4 heteroatoms. The number of rotatable bonds is 4. The molecule has 1 atom stereocenters. The molecule has 0 aromatic heterocycles. The van der Waals surface area contributed by atoms with Gasteiger partial charge in [-0.3, -0.25) is 11.3 Å². The third-order valence-corrected chi connectivity index (χ3v) is 4.40. The SMILES string of the molecule is Cc1ccc(C)c(CC(NN)c2ccc(F)cc2I)c1. The van der Waals surface area contributed by atoms with E-state index in [2.05, 4.69) is 60.1 Å². The van der Waals surface area contributed by atoms with E-state index < -0.39 is 0 Å². The molecule has 0 aliphatic heterocycles. The lowest BCUT2D eigenvalue weighted by Gasteiger charge is -2.19. The average molecular weight is 384 g/mol. The Labute approximate surface area is 132 Å². The maximum Gasteiger partial charge on any atom is 0.124 e. The van der Waals surface area contributed by atoms with E-state index in [-0.39, 0.29) is 11.9 Å². The molecule has 0 saturated heterocycles. The Morgan fingerprint density at radius 3 is 2.60 bits per heavy atom. The van der Waals surface area contributed by atoms with E-state index in [1.165, 1.54) is 28.8 Å². The fourth-order valence-electron chi connectivity index (χ4n) is 2.28. The fraction of sp³-hybridized carbons (Fsp3) is 0.250. The second-order valence-corrected chi connectivity index (χ2v) is 6.18. The maximum atomic E-state index is 13.2. The highest BCUT2D eigenvalue weighted by Gasteiger charge is 2.15. The largest absolute Gasteiger partial charge is 0.271 e. The van der Waals surface area contributed by atoms with Gasteiger partial charge in [-0.05, 0) is 71.7 Å². The van der Waals surface area contributed by atoms with Crippen LogP contribution < -0.4 is 11.3 Å². The van der Waals surface area contributed by atoms with Crippen molar-refractivity contribution in [3.05, 3.63) is 68.0 Å². The Balaban J connectivity index is 2.31. The Kier molecular flexibility index (Phi) is 5.12. The van der Waals surface area contributed by atoms with Crippen LogP contribution in [-0.4, -0.2) is 0 Å². The first-order valence-corrected chi connectivity index (χ1v) is 7.56. The van der Waals surface area contributed by atoms with Crippen LogP contribution in [0.4, 0.5) is 4.39 Å². The van der Waals surface area contributed by atoms with Crippen LogP contribution in [0.1, 0.15) is 28.3 Å². The highest BCUT2D eigenvalue weighted by atomic mass is 127. The molecule has 106 valence electrons. The van der Waals surface area contributed by atoms with Gasteiger partial charge in [0.2, 0.25) is 0 Å². The topological polar surface area (TPSA) is 38.0 Å². The van der Waals surface area contributed by atoms with E-state index in [0.717, 1.165) is 15.6 Å². The van der Waals surface area contributed by atoms with Gasteiger partial charge in [0.15, 0.2) is 0 Å². The zero-order valence-corrected chi connectivity index (χ0v) is 13.7. The molecule has 0 aliphatic rings. The maximum absolute atomic E-state index is 13.2. The van der Waals surface area contributed by atoms with E-state index >= 15 is 0 Å². The number of hydrazine groups is 1. The van der Waals surface area contributed by atoms with Crippen LogP contribution in [0.15, 0.2) is 36.4 Å². The van der Waals surface area contributed by atoms with Crippen molar-refractivity contribution in [2.75, 3.05) is 0 Å². The van der Waals surface area contributed by atoms with Crippen molar-refractivity contribution in [2.24, 2.45) is 5.84 Å². The minimum absolute atomic E-state index is 0.0250. The Morgan fingerprint density at radius 1 is 1.20 bits per heavy atom. The molecular formula is C16H18FIN2. The zero-order chi connectivity index (χ0) is 14.7. The van der Waals surface area contributed by atoms with Crippen LogP contribution in [0.5, 0.6) is 0 Å². The molecule has 0 aliphatic carbocycles. The molecule has 0 bridgehead atoms. The monoisotopic (exact) mass is 384 g/mol. The molecule has 0 saturated carbocycles. The van der Waals surface area contributed by atoms with Crippen molar-refractivity contribution in [1.29, 1.82) is 0 Å². The van der Waals surface area contributed by atoms with Crippen LogP contribution in [0.2, 0.25) is 0 Å². The standard InChI is InChI=1S/C16H18FIN2/c1-10-3-4-11(2)12(7-10)8-16(20-19)14-6-5-13(17)9-15(14)18/h3-7,9,16,20H,8,19H2,1-2H3. The number of hydrogen-bond acceptors (Lipinski definition) is 2. The van der Waals surface area contributed by atoms with Gasteiger partial charge in [0.1, 0.15) is 5.82 Å². The number of hydrogen-bond donors (Lipinski definition) is 2. The third-order valence-electron chi connectivity index (χ3n) is 3.47. The number of nitrogens with one attached hydrogen (secondary N) is 1. The molecule has 0 fully saturated rings. The lowest BCUT2D eigenvalue weighted by Crippen LogP contribution is -2.30. The molecule has 0 heterocycles. The van der Waals surface area contributed by atoms with Gasteiger partial charge in [-0.1, -0.05) is 29.8 Å². The summed E-state index contributed by atoms with van der Waals surface area (Å²) in [6.07, 6.45) is 0.783. The van der Waals surface area contributed by atoms with Gasteiger partial charge < -0.3 is 0 Å². The van der Waals surface area contributed by atoms with E-state index in [1.54, 1.807) is 6.07 Å². The molecular weight excluding hydrogens is 366 g/mol. The minimum atomic E-state index is -0.222. The van der Waals surface area contributed by atoms with Crippen molar-refractivity contribution in [1.82, 2.24) is 5.43 Å². The van der Waals surface area contributed by atoms with Crippen molar-refractivity contribution in [2.45, 2.75) is 26.3 Å². The Bertz CT molecular complexity index is 613. The van der Waals surface area contributed by atoms with Crippen molar-refractivity contribution in [3.63, 3.8) is 0 Å². The van der Waals surface area contributed by atoms with Crippen molar-refractivity contribution in [3.8, 4) is 0 Å². The molecule has 2 rings (SSSR count). The van der Waals surface area contributed by atoms with Gasteiger partial charge in [0.25, 0.3) is 0 Å². The van der Waals surface area contributed by atoms with E-state index in [0.29, 0.717) is 0 Å². The molecule has 0 radical (unpaired) electrons. The summed E-state index contributed by atoms with van der Waals surface area (Å²) in [6.45, 7) is 4.17. The van der Waals surface area contributed by atoms with Gasteiger partial charge >= 0.3 is 0 Å². The molecule has 0 spiro atoms. The number of halogens is 2. The number of benzene rings is 2. The third kappa shape index (κ3) is 3.56. The van der Waals surface area contributed by atoms with Gasteiger partial charge in [-0.25, -0.2) is 4.39 Å². The quantitative estimate of drug-likeness (QED) is 0.478. The number of nitrogens with two attached hydrogens (primary N) is 1. The molecule has 2 nitrogen and oxygen atoms in total. The van der Waals surface area contributed by atoms with Gasteiger partial charge in [-0.15, -0.1) is 0 Å². The van der Waals surface area contributed by atoms with E-state index in [9.17, 15) is 4.39 Å². The summed E-state index contributed by atoms with van der Waals surface area (Å²) in [4.78, 5) is 0. The first-order valence-electron chi connectivity index (χ1n) is 6.48. The summed E-state index contributed by atoms with van der Waals surface area (Å²) in [6, 6.07) is 11.2. The highest BCUT2D eigenvalue weighted by molar-refractivity contribution is 14.1. The van der Waals surface area contributed by atoms with Gasteiger partial charge in [0.05, 0.1) is 6.04 Å². The predicted molar refractivity (Wildman–Crippen MR) is 88.8 cm³/mol. The van der Waals surface area contributed by atoms with E-state index in [4.69, 9.17) is 5.84 Å². The van der Waals surface area contributed by atoms with Crippen LogP contribution >= 0.6 is 22.6 Å². The summed E-state index contributed by atoms with van der Waals surface area (Å²) in [5.41, 5.74) is 7.60. The normalized spacial score (nSPS) is 12.4. The second-order valence-electron chi connectivity index (χ2n) is 5.02. The molecule has 2 aromatic carbocycles. The zero-order valence-electron chi connectivity index (χ0n) is 11.6. The fourth-order valence-corrected chi connectivity index (χ4v) is 3.14. The summed E-state index contributed by atoms with van der Waals surface area (Å²) in [5, 5.41) is 0.